The van der Waals surface area contributed by atoms with E-state index in [2.05, 4.69) is 0 Å². The molecular weight excluding hydrogens is 1000 g/mol. The van der Waals surface area contributed by atoms with Crippen LogP contribution < -0.4 is 36.5 Å². The summed E-state index contributed by atoms with van der Waals surface area (Å²) in [6, 6.07) is 72.4. The van der Waals surface area contributed by atoms with E-state index in [1.807, 2.05) is 206 Å². The van der Waals surface area contributed by atoms with Crippen LogP contribution in [0.1, 0.15) is 22.3 Å². The minimum atomic E-state index is -5.21. The van der Waals surface area contributed by atoms with Crippen LogP contribution >= 0.6 is 36.9 Å². The zero-order valence-corrected chi connectivity index (χ0v) is 41.6. The fourth-order valence-electron chi connectivity index (χ4n) is 9.77. The molecule has 0 amide bonds. The van der Waals surface area contributed by atoms with Crippen molar-refractivity contribution < 1.29 is 39.9 Å². The van der Waals surface area contributed by atoms with E-state index < -0.39 is 50.2 Å². The van der Waals surface area contributed by atoms with Crippen LogP contribution in [0.15, 0.2) is 249 Å². The van der Waals surface area contributed by atoms with Crippen LogP contribution in [0.2, 0.25) is 10.0 Å². The average molecular weight is 1050 g/mol. The van der Waals surface area contributed by atoms with Gasteiger partial charge in [0.15, 0.2) is 0 Å². The summed E-state index contributed by atoms with van der Waals surface area (Å²) in [4.78, 5) is 0. The van der Waals surface area contributed by atoms with E-state index in [-0.39, 0.29) is 18.4 Å². The summed E-state index contributed by atoms with van der Waals surface area (Å²) in [5.74, 6) is -0.795. The Morgan fingerprint density at radius 3 is 0.833 bits per heavy atom. The van der Waals surface area contributed by atoms with Crippen LogP contribution in [0, 0.1) is 0 Å². The predicted octanol–water partition coefficient (Wildman–Crippen LogP) is 14.7. The number of hydrogen-bond donors (Lipinski definition) is 0. The van der Waals surface area contributed by atoms with Crippen LogP contribution in [0.25, 0.3) is 0 Å². The third-order valence-corrected chi connectivity index (χ3v) is 25.1. The summed E-state index contributed by atoms with van der Waals surface area (Å²) in [5, 5.41) is 4.89. The van der Waals surface area contributed by atoms with Gasteiger partial charge in [0, 0.05) is 0 Å². The number of rotatable bonds is 16. The van der Waals surface area contributed by atoms with E-state index in [0.717, 1.165) is 11.1 Å². The number of halogens is 8. The van der Waals surface area contributed by atoms with Crippen molar-refractivity contribution in [2.45, 2.75) is 24.7 Å². The van der Waals surface area contributed by atoms with Gasteiger partial charge >= 0.3 is 427 Å². The molecular formula is C58H45BCl2F6O3P2. The fourth-order valence-corrected chi connectivity index (χ4v) is 21.4. The summed E-state index contributed by atoms with van der Waals surface area (Å²) in [7, 11) is -2.12. The van der Waals surface area contributed by atoms with Gasteiger partial charge in [-0.05, 0) is 0 Å². The Morgan fingerprint density at radius 1 is 0.347 bits per heavy atom. The second-order valence-corrected chi connectivity index (χ2v) is 27.2. The SMILES string of the molecule is FC(F)(F)c1cc(OB(OP(Cc2ccc(Cl)cc2)(c2ccccc2)(c2ccccc2)c2ccccc2)OP(Cc2ccc(Cl)cc2)(c2ccccc2)(c2ccccc2)c2ccccc2)cc(C(F)(F)F)c1. The Labute approximate surface area is 425 Å². The quantitative estimate of drug-likeness (QED) is 0.0548. The maximum absolute atomic E-state index is 14.9. The zero-order valence-electron chi connectivity index (χ0n) is 38.3. The minimum absolute atomic E-state index is 0.0699. The summed E-state index contributed by atoms with van der Waals surface area (Å²) < 4.78 is 113. The second kappa shape index (κ2) is 20.4. The molecule has 0 radical (unpaired) electrons. The molecule has 0 atom stereocenters. The standard InChI is InChI=1S/C58H45BCl2F6O3P2/c60-48-35-31-44(32-36-48)42-71(51-19-7-1-8-20-51,52-21-9-2-10-22-52,53-23-11-3-12-24-53)69-59(68-50-40-46(57(62,63)64)39-47(41-50)58(65,66)67)70-72(54-25-13-4-14-26-54,55-27-15-5-16-28-55,56-29-17-6-18-30-56)43-45-33-37-49(61)38-34-45/h1-41H,42-43H2. The van der Waals surface area contributed by atoms with E-state index in [1.54, 1.807) is 24.3 Å². The summed E-state index contributed by atoms with van der Waals surface area (Å²) in [5.41, 5.74) is -1.66. The fraction of sp³-hybridized carbons (Fsp3) is 0.0690. The average Bonchev–Trinajstić information content (AvgIpc) is 3.40. The van der Waals surface area contributed by atoms with Crippen LogP contribution in [0.5, 0.6) is 5.75 Å². The van der Waals surface area contributed by atoms with Gasteiger partial charge < -0.3 is 0 Å². The maximum atomic E-state index is 14.9. The normalized spacial score (nSPS) is 13.3. The van der Waals surface area contributed by atoms with E-state index in [1.165, 1.54) is 0 Å². The molecule has 0 saturated carbocycles. The first-order chi connectivity index (χ1) is 34.6. The molecule has 0 fully saturated rings. The third kappa shape index (κ3) is 9.61. The molecule has 0 aliphatic rings. The van der Waals surface area contributed by atoms with Gasteiger partial charge in [-0.3, -0.25) is 0 Å². The Bertz CT molecular complexity index is 2820. The Kier molecular flexibility index (Phi) is 14.3. The van der Waals surface area contributed by atoms with E-state index in [4.69, 9.17) is 36.7 Å². The number of hydrogen-bond acceptors (Lipinski definition) is 3. The van der Waals surface area contributed by atoms with Gasteiger partial charge in [-0.15, -0.1) is 0 Å². The molecule has 14 heteroatoms. The third-order valence-electron chi connectivity index (χ3n) is 13.0. The van der Waals surface area contributed by atoms with Gasteiger partial charge in [0.1, 0.15) is 0 Å². The van der Waals surface area contributed by atoms with Gasteiger partial charge in [-0.1, -0.05) is 0 Å². The van der Waals surface area contributed by atoms with Crippen molar-refractivity contribution in [1.82, 2.24) is 0 Å². The molecule has 72 heavy (non-hydrogen) atoms. The summed E-state index contributed by atoms with van der Waals surface area (Å²) in [6.45, 7) is -9.76. The number of benzene rings is 9. The van der Waals surface area contributed by atoms with Crippen LogP contribution in [-0.2, 0) is 33.6 Å². The van der Waals surface area contributed by atoms with Crippen molar-refractivity contribution in [2.24, 2.45) is 0 Å². The molecule has 364 valence electrons. The van der Waals surface area contributed by atoms with Crippen LogP contribution in [0.4, 0.5) is 26.3 Å². The number of alkyl halides is 6. The molecule has 0 aliphatic heterocycles. The molecule has 0 N–H and O–H groups in total. The second-order valence-electron chi connectivity index (χ2n) is 17.4. The molecule has 0 aromatic heterocycles. The van der Waals surface area contributed by atoms with Crippen molar-refractivity contribution >= 4 is 76.0 Å². The van der Waals surface area contributed by atoms with Gasteiger partial charge in [0.05, 0.1) is 0 Å². The van der Waals surface area contributed by atoms with Crippen molar-refractivity contribution in [2.75, 3.05) is 0 Å². The molecule has 0 heterocycles. The van der Waals surface area contributed by atoms with Crippen LogP contribution in [0.3, 0.4) is 0 Å². The molecule has 9 aromatic rings. The molecule has 0 aliphatic carbocycles. The molecule has 3 nitrogen and oxygen atoms in total. The first-order valence-corrected chi connectivity index (χ1v) is 28.2. The molecule has 0 saturated heterocycles. The Morgan fingerprint density at radius 2 is 0.597 bits per heavy atom. The molecule has 9 aromatic carbocycles. The van der Waals surface area contributed by atoms with Crippen molar-refractivity contribution in [3.8, 4) is 5.75 Å². The van der Waals surface area contributed by atoms with Gasteiger partial charge in [0.25, 0.3) is 0 Å². The van der Waals surface area contributed by atoms with E-state index >= 15 is 0 Å². The summed E-state index contributed by atoms with van der Waals surface area (Å²) >= 11 is 13.1. The molecule has 9 rings (SSSR count). The van der Waals surface area contributed by atoms with Gasteiger partial charge in [0.2, 0.25) is 0 Å². The van der Waals surface area contributed by atoms with Crippen LogP contribution in [-0.4, -0.2) is 7.32 Å². The Hall–Kier alpha value is -6.22. The summed E-state index contributed by atoms with van der Waals surface area (Å²) in [6.07, 6.45) is -10.2. The van der Waals surface area contributed by atoms with E-state index in [0.29, 0.717) is 54.0 Å². The first kappa shape index (κ1) is 50.7. The topological polar surface area (TPSA) is 27.7 Å². The predicted molar refractivity (Wildman–Crippen MR) is 286 cm³/mol. The monoisotopic (exact) mass is 1050 g/mol. The molecule has 0 bridgehead atoms. The van der Waals surface area contributed by atoms with E-state index in [9.17, 15) is 26.3 Å². The van der Waals surface area contributed by atoms with Crippen molar-refractivity contribution in [3.63, 3.8) is 0 Å². The zero-order chi connectivity index (χ0) is 50.5. The Balaban J connectivity index is 1.47. The first-order valence-electron chi connectivity index (χ1n) is 22.8. The van der Waals surface area contributed by atoms with Crippen molar-refractivity contribution in [1.29, 1.82) is 0 Å². The molecule has 0 unspecified atom stereocenters. The van der Waals surface area contributed by atoms with Gasteiger partial charge in [-0.25, -0.2) is 0 Å². The molecule has 0 spiro atoms. The van der Waals surface area contributed by atoms with Crippen molar-refractivity contribution in [3.05, 3.63) is 281 Å². The van der Waals surface area contributed by atoms with Gasteiger partial charge in [-0.2, -0.15) is 0 Å².